The first-order valence-electron chi connectivity index (χ1n) is 13.5. The number of anilines is 2. The van der Waals surface area contributed by atoms with E-state index in [1.807, 2.05) is 18.7 Å². The minimum Gasteiger partial charge on any atom is -0.371 e. The number of morpholine rings is 1. The zero-order valence-corrected chi connectivity index (χ0v) is 20.9. The minimum atomic E-state index is 0.271. The van der Waals surface area contributed by atoms with Gasteiger partial charge in [0.05, 0.1) is 30.9 Å². The summed E-state index contributed by atoms with van der Waals surface area (Å²) in [4.78, 5) is 29.2. The first-order chi connectivity index (χ1) is 17.2. The molecule has 9 nitrogen and oxygen atoms in total. The van der Waals surface area contributed by atoms with E-state index < -0.39 is 0 Å². The van der Waals surface area contributed by atoms with Crippen LogP contribution in [0.4, 0.5) is 11.8 Å². The summed E-state index contributed by atoms with van der Waals surface area (Å²) in [7, 11) is 0. The molecular weight excluding hydrogens is 440 g/mol. The number of nitrogens with zero attached hydrogens (tertiary/aromatic N) is 8. The number of hydrogen-bond acceptors (Lipinski definition) is 8. The zero-order chi connectivity index (χ0) is 23.8. The monoisotopic (exact) mass is 476 g/mol. The summed E-state index contributed by atoms with van der Waals surface area (Å²) in [6, 6.07) is 0.355. The van der Waals surface area contributed by atoms with Crippen LogP contribution in [0, 0.1) is 0 Å². The van der Waals surface area contributed by atoms with Crippen LogP contribution in [0.5, 0.6) is 0 Å². The van der Waals surface area contributed by atoms with Crippen molar-refractivity contribution in [3.05, 3.63) is 18.7 Å². The summed E-state index contributed by atoms with van der Waals surface area (Å²) < 4.78 is 8.29. The van der Waals surface area contributed by atoms with Crippen molar-refractivity contribution in [2.24, 2.45) is 0 Å². The molecule has 0 aromatic carbocycles. The highest BCUT2D eigenvalue weighted by molar-refractivity contribution is 5.87. The van der Waals surface area contributed by atoms with Gasteiger partial charge in [-0.05, 0) is 38.5 Å². The van der Waals surface area contributed by atoms with E-state index in [2.05, 4.69) is 28.2 Å². The highest BCUT2D eigenvalue weighted by atomic mass is 16.5. The van der Waals surface area contributed by atoms with Crippen molar-refractivity contribution in [3.63, 3.8) is 0 Å². The Morgan fingerprint density at radius 2 is 1.63 bits per heavy atom. The zero-order valence-electron chi connectivity index (χ0n) is 20.9. The van der Waals surface area contributed by atoms with E-state index in [1.54, 1.807) is 0 Å². The van der Waals surface area contributed by atoms with Gasteiger partial charge in [0.1, 0.15) is 22.7 Å². The molecular formula is C26H36N8O. The summed E-state index contributed by atoms with van der Waals surface area (Å²) in [5.74, 6) is 1.70. The molecule has 2 bridgehead atoms. The van der Waals surface area contributed by atoms with Crippen molar-refractivity contribution < 1.29 is 4.74 Å². The van der Waals surface area contributed by atoms with Gasteiger partial charge in [0.25, 0.3) is 0 Å². The molecule has 3 aromatic heterocycles. The lowest BCUT2D eigenvalue weighted by Gasteiger charge is -2.32. The molecule has 0 amide bonds. The molecule has 3 fully saturated rings. The van der Waals surface area contributed by atoms with Crippen LogP contribution in [0.2, 0.25) is 0 Å². The Kier molecular flexibility index (Phi) is 6.26. The molecule has 0 N–H and O–H groups in total. The van der Waals surface area contributed by atoms with E-state index in [0.717, 1.165) is 86.2 Å². The molecule has 2 atom stereocenters. The van der Waals surface area contributed by atoms with Crippen molar-refractivity contribution in [2.75, 3.05) is 36.0 Å². The molecule has 0 radical (unpaired) electrons. The molecule has 3 aliphatic rings. The number of fused-ring (bicyclic) bond motifs is 3. The average molecular weight is 477 g/mol. The maximum Gasteiger partial charge on any atom is 0.228 e. The van der Waals surface area contributed by atoms with Crippen molar-refractivity contribution >= 4 is 22.9 Å². The van der Waals surface area contributed by atoms with Crippen LogP contribution >= 0.6 is 0 Å². The molecule has 186 valence electrons. The summed E-state index contributed by atoms with van der Waals surface area (Å²) >= 11 is 0. The molecule has 0 saturated carbocycles. The second-order valence-electron chi connectivity index (χ2n) is 10.2. The van der Waals surface area contributed by atoms with Crippen molar-refractivity contribution in [1.82, 2.24) is 29.5 Å². The van der Waals surface area contributed by atoms with E-state index >= 15 is 0 Å². The standard InChI is InChI=1S/C26H36N8O/c1-3-18(4-2)34-17-29-24-23(21-13-28-22(14-27-21)32-11-7-5-6-8-12-32)30-26(31-25(24)34)33-15-19-9-10-20(16-33)35-19/h13-14,17-20H,3-12,15-16H2,1-2H3. The number of imidazole rings is 1. The summed E-state index contributed by atoms with van der Waals surface area (Å²) in [6.07, 6.45) is 15.6. The van der Waals surface area contributed by atoms with Gasteiger partial charge < -0.3 is 19.1 Å². The van der Waals surface area contributed by atoms with Crippen molar-refractivity contribution in [2.45, 2.75) is 83.5 Å². The summed E-state index contributed by atoms with van der Waals surface area (Å²) in [6.45, 7) is 8.20. The van der Waals surface area contributed by atoms with Gasteiger partial charge >= 0.3 is 0 Å². The van der Waals surface area contributed by atoms with Crippen LogP contribution in [0.15, 0.2) is 18.7 Å². The van der Waals surface area contributed by atoms with Gasteiger partial charge in [-0.15, -0.1) is 0 Å². The molecule has 3 aromatic rings. The van der Waals surface area contributed by atoms with E-state index in [0.29, 0.717) is 6.04 Å². The number of hydrogen-bond donors (Lipinski definition) is 0. The van der Waals surface area contributed by atoms with E-state index in [-0.39, 0.29) is 12.2 Å². The Hall–Kier alpha value is -2.81. The number of ether oxygens (including phenoxy) is 1. The van der Waals surface area contributed by atoms with Crippen molar-refractivity contribution in [1.29, 1.82) is 0 Å². The predicted octanol–water partition coefficient (Wildman–Crippen LogP) is 4.39. The smallest absolute Gasteiger partial charge is 0.228 e. The van der Waals surface area contributed by atoms with Gasteiger partial charge in [-0.1, -0.05) is 26.7 Å². The fourth-order valence-electron chi connectivity index (χ4n) is 5.86. The third kappa shape index (κ3) is 4.35. The van der Waals surface area contributed by atoms with E-state index in [4.69, 9.17) is 29.7 Å². The van der Waals surface area contributed by atoms with E-state index in [9.17, 15) is 0 Å². The Morgan fingerprint density at radius 3 is 2.29 bits per heavy atom. The van der Waals surface area contributed by atoms with Gasteiger partial charge in [-0.2, -0.15) is 4.98 Å². The minimum absolute atomic E-state index is 0.271. The Bertz CT molecular complexity index is 1140. The lowest BCUT2D eigenvalue weighted by Crippen LogP contribution is -2.43. The molecule has 0 aliphatic carbocycles. The molecule has 9 heteroatoms. The van der Waals surface area contributed by atoms with Gasteiger partial charge in [0.15, 0.2) is 5.65 Å². The maximum absolute atomic E-state index is 6.07. The van der Waals surface area contributed by atoms with E-state index in [1.165, 1.54) is 25.7 Å². The summed E-state index contributed by atoms with van der Waals surface area (Å²) in [5.41, 5.74) is 3.20. The second-order valence-corrected chi connectivity index (χ2v) is 10.2. The van der Waals surface area contributed by atoms with Crippen LogP contribution in [-0.2, 0) is 4.74 Å². The van der Waals surface area contributed by atoms with Gasteiger partial charge in [-0.25, -0.2) is 19.9 Å². The van der Waals surface area contributed by atoms with Crippen LogP contribution < -0.4 is 9.80 Å². The first-order valence-corrected chi connectivity index (χ1v) is 13.5. The van der Waals surface area contributed by atoms with Gasteiger partial charge in [0.2, 0.25) is 5.95 Å². The highest BCUT2D eigenvalue weighted by Crippen LogP contribution is 2.33. The van der Waals surface area contributed by atoms with Crippen molar-refractivity contribution in [3.8, 4) is 11.4 Å². The first kappa shape index (κ1) is 22.6. The SMILES string of the molecule is CCC(CC)n1cnc2c(-c3cnc(N4CCCCCC4)cn3)nc(N3CC4CCC(C3)O4)nc21. The summed E-state index contributed by atoms with van der Waals surface area (Å²) in [5, 5.41) is 0. The number of rotatable bonds is 6. The van der Waals surface area contributed by atoms with Gasteiger partial charge in [-0.3, -0.25) is 0 Å². The fourth-order valence-corrected chi connectivity index (χ4v) is 5.86. The lowest BCUT2D eigenvalue weighted by molar-refractivity contribution is 0.0299. The third-order valence-corrected chi connectivity index (χ3v) is 7.88. The Morgan fingerprint density at radius 1 is 0.886 bits per heavy atom. The lowest BCUT2D eigenvalue weighted by atomic mass is 10.1. The largest absolute Gasteiger partial charge is 0.371 e. The molecule has 6 heterocycles. The fraction of sp³-hybridized carbons (Fsp3) is 0.654. The van der Waals surface area contributed by atoms with Gasteiger partial charge in [0, 0.05) is 32.2 Å². The highest BCUT2D eigenvalue weighted by Gasteiger charge is 2.35. The molecule has 3 saturated heterocycles. The molecule has 2 unspecified atom stereocenters. The molecule has 3 aliphatic heterocycles. The van der Waals surface area contributed by atoms with Crippen LogP contribution in [0.1, 0.15) is 71.3 Å². The van der Waals surface area contributed by atoms with Crippen LogP contribution in [0.25, 0.3) is 22.6 Å². The third-order valence-electron chi connectivity index (χ3n) is 7.88. The second kappa shape index (κ2) is 9.68. The molecule has 0 spiro atoms. The molecule has 35 heavy (non-hydrogen) atoms. The predicted molar refractivity (Wildman–Crippen MR) is 137 cm³/mol. The Labute approximate surface area is 207 Å². The molecule has 6 rings (SSSR count). The van der Waals surface area contributed by atoms with Crippen LogP contribution in [0.3, 0.4) is 0 Å². The normalized spacial score (nSPS) is 22.8. The average Bonchev–Trinajstić information content (AvgIpc) is 3.34. The topological polar surface area (TPSA) is 85.1 Å². The maximum atomic E-state index is 6.07. The number of aromatic nitrogens is 6. The van der Waals surface area contributed by atoms with Crippen LogP contribution in [-0.4, -0.2) is 67.9 Å². The quantitative estimate of drug-likeness (QED) is 0.518. The Balaban J connectivity index is 1.40.